The van der Waals surface area contributed by atoms with Crippen molar-refractivity contribution in [3.05, 3.63) is 63.9 Å². The van der Waals surface area contributed by atoms with E-state index in [-0.39, 0.29) is 16.0 Å². The molecular weight excluding hydrogens is 345 g/mol. The molecule has 6 heteroatoms. The van der Waals surface area contributed by atoms with Gasteiger partial charge in [0.2, 0.25) is 0 Å². The van der Waals surface area contributed by atoms with E-state index in [1.165, 1.54) is 18.2 Å². The van der Waals surface area contributed by atoms with Gasteiger partial charge in [0.15, 0.2) is 9.84 Å². The fourth-order valence-corrected chi connectivity index (χ4v) is 4.19. The van der Waals surface area contributed by atoms with E-state index < -0.39 is 21.4 Å². The molecule has 0 fully saturated rings. The number of nitriles is 1. The lowest BCUT2D eigenvalue weighted by Crippen LogP contribution is -2.07. The van der Waals surface area contributed by atoms with E-state index >= 15 is 0 Å². The van der Waals surface area contributed by atoms with Crippen molar-refractivity contribution in [2.45, 2.75) is 10.6 Å². The zero-order valence-electron chi connectivity index (χ0n) is 10.2. The molecule has 2 aromatic carbocycles. The molecule has 20 heavy (non-hydrogen) atoms. The van der Waals surface area contributed by atoms with E-state index in [1.807, 2.05) is 0 Å². The number of nitrogens with zero attached hydrogens (tertiary/aromatic N) is 1. The van der Waals surface area contributed by atoms with E-state index in [0.717, 1.165) is 6.07 Å². The molecule has 0 N–H and O–H groups in total. The molecule has 2 rings (SSSR count). The first-order valence-electron chi connectivity index (χ1n) is 5.60. The highest BCUT2D eigenvalue weighted by atomic mass is 79.9. The largest absolute Gasteiger partial charge is 0.223 e. The lowest BCUT2D eigenvalue weighted by atomic mass is 10.1. The van der Waals surface area contributed by atoms with Crippen molar-refractivity contribution < 1.29 is 12.8 Å². The number of hydrogen-bond donors (Lipinski definition) is 0. The summed E-state index contributed by atoms with van der Waals surface area (Å²) in [5.74, 6) is -1.15. The first-order chi connectivity index (χ1) is 9.44. The second-order valence-electron chi connectivity index (χ2n) is 4.11. The molecule has 0 aromatic heterocycles. The zero-order chi connectivity index (χ0) is 14.8. The highest BCUT2D eigenvalue weighted by molar-refractivity contribution is 9.10. The number of hydrogen-bond acceptors (Lipinski definition) is 3. The Labute approximate surface area is 124 Å². The van der Waals surface area contributed by atoms with Gasteiger partial charge in [0.1, 0.15) is 5.82 Å². The third-order valence-corrected chi connectivity index (χ3v) is 5.37. The molecule has 0 heterocycles. The van der Waals surface area contributed by atoms with Crippen LogP contribution >= 0.6 is 15.9 Å². The van der Waals surface area contributed by atoms with Crippen LogP contribution in [0.25, 0.3) is 0 Å². The first kappa shape index (κ1) is 14.7. The van der Waals surface area contributed by atoms with Crippen molar-refractivity contribution in [3.8, 4) is 6.07 Å². The van der Waals surface area contributed by atoms with E-state index in [0.29, 0.717) is 4.47 Å². The maximum absolute atomic E-state index is 13.8. The van der Waals surface area contributed by atoms with Crippen molar-refractivity contribution in [1.29, 1.82) is 5.26 Å². The van der Waals surface area contributed by atoms with Crippen LogP contribution in [0.3, 0.4) is 0 Å². The predicted molar refractivity (Wildman–Crippen MR) is 76.1 cm³/mol. The normalized spacial score (nSPS) is 11.1. The first-order valence-corrected chi connectivity index (χ1v) is 8.04. The average Bonchev–Trinajstić information content (AvgIpc) is 2.41. The number of rotatable bonds is 3. The van der Waals surface area contributed by atoms with Crippen molar-refractivity contribution in [3.63, 3.8) is 0 Å². The molecule has 0 spiro atoms. The van der Waals surface area contributed by atoms with Gasteiger partial charge < -0.3 is 0 Å². The maximum Gasteiger partial charge on any atom is 0.183 e. The highest BCUT2D eigenvalue weighted by Crippen LogP contribution is 2.25. The van der Waals surface area contributed by atoms with Crippen LogP contribution in [-0.4, -0.2) is 8.42 Å². The fourth-order valence-electron chi connectivity index (χ4n) is 1.71. The minimum absolute atomic E-state index is 0.0414. The molecule has 0 saturated heterocycles. The zero-order valence-corrected chi connectivity index (χ0v) is 12.6. The number of sulfone groups is 1. The summed E-state index contributed by atoms with van der Waals surface area (Å²) in [5, 5.41) is 8.66. The van der Waals surface area contributed by atoms with Gasteiger partial charge in [-0.15, -0.1) is 0 Å². The molecule has 0 aliphatic carbocycles. The van der Waals surface area contributed by atoms with Gasteiger partial charge >= 0.3 is 0 Å². The van der Waals surface area contributed by atoms with Gasteiger partial charge in [-0.05, 0) is 40.2 Å². The SMILES string of the molecule is N#Cc1ccc(CS(=O)(=O)c2ccccc2Br)c(F)c1. The molecule has 0 radical (unpaired) electrons. The van der Waals surface area contributed by atoms with Crippen molar-refractivity contribution in [2.75, 3.05) is 0 Å². The van der Waals surface area contributed by atoms with Crippen molar-refractivity contribution in [1.82, 2.24) is 0 Å². The van der Waals surface area contributed by atoms with Crippen LogP contribution in [0.5, 0.6) is 0 Å². The maximum atomic E-state index is 13.8. The summed E-state index contributed by atoms with van der Waals surface area (Å²) in [6.45, 7) is 0. The summed E-state index contributed by atoms with van der Waals surface area (Å²) in [6, 6.07) is 11.9. The monoisotopic (exact) mass is 353 g/mol. The van der Waals surface area contributed by atoms with Crippen LogP contribution in [0.1, 0.15) is 11.1 Å². The Morgan fingerprint density at radius 3 is 2.50 bits per heavy atom. The van der Waals surface area contributed by atoms with Gasteiger partial charge in [-0.3, -0.25) is 0 Å². The third kappa shape index (κ3) is 3.06. The smallest absolute Gasteiger partial charge is 0.183 e. The van der Waals surface area contributed by atoms with Crippen LogP contribution in [0.4, 0.5) is 4.39 Å². The number of halogens is 2. The Hall–Kier alpha value is -1.71. The highest BCUT2D eigenvalue weighted by Gasteiger charge is 2.20. The Kier molecular flexibility index (Phi) is 4.21. The van der Waals surface area contributed by atoms with E-state index in [1.54, 1.807) is 24.3 Å². The Morgan fingerprint density at radius 2 is 1.90 bits per heavy atom. The van der Waals surface area contributed by atoms with Crippen LogP contribution < -0.4 is 0 Å². The molecule has 2 aromatic rings. The lowest BCUT2D eigenvalue weighted by molar-refractivity contribution is 0.586. The Morgan fingerprint density at radius 1 is 1.20 bits per heavy atom. The predicted octanol–water partition coefficient (Wildman–Crippen LogP) is 3.43. The quantitative estimate of drug-likeness (QED) is 0.849. The average molecular weight is 354 g/mol. The van der Waals surface area contributed by atoms with Crippen LogP contribution in [0, 0.1) is 17.1 Å². The molecule has 3 nitrogen and oxygen atoms in total. The van der Waals surface area contributed by atoms with Crippen molar-refractivity contribution >= 4 is 25.8 Å². The van der Waals surface area contributed by atoms with Gasteiger partial charge in [-0.2, -0.15) is 5.26 Å². The van der Waals surface area contributed by atoms with E-state index in [9.17, 15) is 12.8 Å². The summed E-state index contributed by atoms with van der Waals surface area (Å²) >= 11 is 3.17. The lowest BCUT2D eigenvalue weighted by Gasteiger charge is -2.07. The molecule has 0 bridgehead atoms. The van der Waals surface area contributed by atoms with Crippen LogP contribution in [-0.2, 0) is 15.6 Å². The van der Waals surface area contributed by atoms with E-state index in [2.05, 4.69) is 15.9 Å². The van der Waals surface area contributed by atoms with E-state index in [4.69, 9.17) is 5.26 Å². The summed E-state index contributed by atoms with van der Waals surface area (Å²) < 4.78 is 38.7. The summed E-state index contributed by atoms with van der Waals surface area (Å²) in [5.41, 5.74) is 0.198. The fraction of sp³-hybridized carbons (Fsp3) is 0.0714. The Balaban J connectivity index is 2.40. The molecular formula is C14H9BrFNO2S. The third-order valence-electron chi connectivity index (χ3n) is 2.70. The second kappa shape index (κ2) is 5.73. The van der Waals surface area contributed by atoms with Gasteiger partial charge in [0.05, 0.1) is 22.3 Å². The van der Waals surface area contributed by atoms with Crippen molar-refractivity contribution in [2.24, 2.45) is 0 Å². The van der Waals surface area contributed by atoms with Crippen LogP contribution in [0.15, 0.2) is 51.8 Å². The summed E-state index contributed by atoms with van der Waals surface area (Å²) in [6.07, 6.45) is 0. The van der Waals surface area contributed by atoms with Crippen LogP contribution in [0.2, 0.25) is 0 Å². The number of benzene rings is 2. The molecule has 0 aliphatic heterocycles. The minimum Gasteiger partial charge on any atom is -0.223 e. The standard InChI is InChI=1S/C14H9BrFNO2S/c15-12-3-1-2-4-14(12)20(18,19)9-11-6-5-10(8-17)7-13(11)16/h1-7H,9H2. The van der Waals surface area contributed by atoms with Gasteiger partial charge in [-0.25, -0.2) is 12.8 Å². The summed E-state index contributed by atoms with van der Waals surface area (Å²) in [7, 11) is -3.66. The molecule has 0 atom stereocenters. The summed E-state index contributed by atoms with van der Waals surface area (Å²) in [4.78, 5) is 0.115. The molecule has 0 amide bonds. The molecule has 102 valence electrons. The Bertz CT molecular complexity index is 797. The molecule has 0 saturated carbocycles. The molecule has 0 aliphatic rings. The molecule has 0 unspecified atom stereocenters. The topological polar surface area (TPSA) is 57.9 Å². The van der Waals surface area contributed by atoms with Gasteiger partial charge in [0.25, 0.3) is 0 Å². The van der Waals surface area contributed by atoms with Gasteiger partial charge in [0, 0.05) is 10.0 Å². The van der Waals surface area contributed by atoms with Gasteiger partial charge in [-0.1, -0.05) is 18.2 Å². The minimum atomic E-state index is -3.66. The second-order valence-corrected chi connectivity index (χ2v) is 6.92.